The molecule has 8 heteroatoms. The quantitative estimate of drug-likeness (QED) is 0.762. The first-order valence-corrected chi connectivity index (χ1v) is 6.50. The van der Waals surface area contributed by atoms with Crippen molar-refractivity contribution in [1.29, 1.82) is 0 Å². The Bertz CT molecular complexity index is 571. The van der Waals surface area contributed by atoms with Gasteiger partial charge in [-0.2, -0.15) is 4.98 Å². The summed E-state index contributed by atoms with van der Waals surface area (Å²) in [5.41, 5.74) is 0.713. The van der Waals surface area contributed by atoms with Crippen molar-refractivity contribution in [3.05, 3.63) is 22.8 Å². The van der Waals surface area contributed by atoms with Gasteiger partial charge in [0.15, 0.2) is 5.65 Å². The molecule has 0 aliphatic heterocycles. The summed E-state index contributed by atoms with van der Waals surface area (Å²) in [6, 6.07) is 3.71. The first kappa shape index (κ1) is 13.8. The Morgan fingerprint density at radius 2 is 2.37 bits per heavy atom. The van der Waals surface area contributed by atoms with Crippen molar-refractivity contribution in [1.82, 2.24) is 19.9 Å². The fourth-order valence-corrected chi connectivity index (χ4v) is 1.77. The van der Waals surface area contributed by atoms with Gasteiger partial charge in [0.2, 0.25) is 11.9 Å². The molecule has 2 heterocycles. The maximum absolute atomic E-state index is 11.5. The van der Waals surface area contributed by atoms with Crippen molar-refractivity contribution in [3.63, 3.8) is 0 Å². The molecule has 2 rings (SSSR count). The van der Waals surface area contributed by atoms with E-state index >= 15 is 0 Å². The Morgan fingerprint density at radius 1 is 1.53 bits per heavy atom. The third-order valence-corrected chi connectivity index (χ3v) is 2.80. The fraction of sp³-hybridized carbons (Fsp3) is 0.364. The van der Waals surface area contributed by atoms with E-state index in [0.717, 1.165) is 4.47 Å². The lowest BCUT2D eigenvalue weighted by Crippen LogP contribution is -2.32. The normalized spacial score (nSPS) is 10.6. The predicted molar refractivity (Wildman–Crippen MR) is 74.1 cm³/mol. The van der Waals surface area contributed by atoms with E-state index in [-0.39, 0.29) is 12.5 Å². The molecule has 0 atom stereocenters. The number of nitrogens with zero attached hydrogens (tertiary/aromatic N) is 3. The number of aromatic nitrogens is 3. The van der Waals surface area contributed by atoms with Gasteiger partial charge in [-0.1, -0.05) is 0 Å². The molecule has 0 spiro atoms. The van der Waals surface area contributed by atoms with Crippen LogP contribution >= 0.6 is 15.9 Å². The minimum Gasteiger partial charge on any atom is -0.383 e. The number of carbonyl (C=O) groups is 1. The van der Waals surface area contributed by atoms with Crippen LogP contribution in [0.15, 0.2) is 22.8 Å². The van der Waals surface area contributed by atoms with Crippen LogP contribution in [-0.4, -0.2) is 47.3 Å². The summed E-state index contributed by atoms with van der Waals surface area (Å²) in [6.07, 6.45) is 1.80. The smallest absolute Gasteiger partial charge is 0.243 e. The van der Waals surface area contributed by atoms with Crippen LogP contribution in [0.4, 0.5) is 5.95 Å². The van der Waals surface area contributed by atoms with E-state index in [1.807, 2.05) is 12.1 Å². The number of methoxy groups -OCH3 is 1. The lowest BCUT2D eigenvalue weighted by Gasteiger charge is -2.04. The molecule has 7 nitrogen and oxygen atoms in total. The zero-order chi connectivity index (χ0) is 13.7. The number of carbonyl (C=O) groups excluding carboxylic acids is 1. The van der Waals surface area contributed by atoms with E-state index in [0.29, 0.717) is 24.7 Å². The van der Waals surface area contributed by atoms with Crippen LogP contribution in [0.3, 0.4) is 0 Å². The van der Waals surface area contributed by atoms with Crippen LogP contribution in [0.5, 0.6) is 0 Å². The standard InChI is InChI=1S/C11H14BrN5O2/c1-19-5-4-13-10(18)6-14-11-15-9-3-2-8(12)7-17(9)16-11/h2-3,7H,4-6H2,1H3,(H,13,18)(H,14,16). The average Bonchev–Trinajstić information content (AvgIpc) is 2.78. The van der Waals surface area contributed by atoms with Gasteiger partial charge in [0.25, 0.3) is 0 Å². The summed E-state index contributed by atoms with van der Waals surface area (Å²) in [5, 5.41) is 9.77. The zero-order valence-corrected chi connectivity index (χ0v) is 12.0. The van der Waals surface area contributed by atoms with E-state index in [9.17, 15) is 4.79 Å². The highest BCUT2D eigenvalue weighted by molar-refractivity contribution is 9.10. The summed E-state index contributed by atoms with van der Waals surface area (Å²) >= 11 is 3.35. The second-order valence-corrected chi connectivity index (χ2v) is 4.70. The summed E-state index contributed by atoms with van der Waals surface area (Å²) < 4.78 is 7.38. The number of hydrogen-bond donors (Lipinski definition) is 2. The lowest BCUT2D eigenvalue weighted by molar-refractivity contribution is -0.119. The third kappa shape index (κ3) is 3.90. The van der Waals surface area contributed by atoms with Crippen LogP contribution in [-0.2, 0) is 9.53 Å². The molecule has 0 aromatic carbocycles. The first-order chi connectivity index (χ1) is 9.19. The Morgan fingerprint density at radius 3 is 3.16 bits per heavy atom. The van der Waals surface area contributed by atoms with Crippen molar-refractivity contribution in [2.75, 3.05) is 32.1 Å². The largest absolute Gasteiger partial charge is 0.383 e. The minimum absolute atomic E-state index is 0.127. The maximum atomic E-state index is 11.5. The highest BCUT2D eigenvalue weighted by Crippen LogP contribution is 2.11. The van der Waals surface area contributed by atoms with Gasteiger partial charge in [-0.25, -0.2) is 4.52 Å². The Hall–Kier alpha value is -1.67. The molecule has 0 saturated carbocycles. The van der Waals surface area contributed by atoms with Gasteiger partial charge in [-0.05, 0) is 28.1 Å². The molecule has 0 unspecified atom stereocenters. The monoisotopic (exact) mass is 327 g/mol. The molecule has 0 radical (unpaired) electrons. The minimum atomic E-state index is -0.128. The van der Waals surface area contributed by atoms with Crippen molar-refractivity contribution < 1.29 is 9.53 Å². The second kappa shape index (κ2) is 6.48. The molecule has 19 heavy (non-hydrogen) atoms. The molecule has 2 aromatic heterocycles. The van der Waals surface area contributed by atoms with E-state index in [2.05, 4.69) is 36.6 Å². The molecule has 0 aliphatic carbocycles. The number of nitrogens with one attached hydrogen (secondary N) is 2. The SMILES string of the molecule is COCCNC(=O)CNc1nc2ccc(Br)cn2n1. The van der Waals surface area contributed by atoms with Gasteiger partial charge in [0.05, 0.1) is 13.2 Å². The van der Waals surface area contributed by atoms with Crippen molar-refractivity contribution in [2.24, 2.45) is 0 Å². The molecule has 0 saturated heterocycles. The third-order valence-electron chi connectivity index (χ3n) is 2.33. The molecule has 0 bridgehead atoms. The number of halogens is 1. The van der Waals surface area contributed by atoms with E-state index in [1.165, 1.54) is 0 Å². The van der Waals surface area contributed by atoms with E-state index in [1.54, 1.807) is 17.8 Å². The number of hydrogen-bond acceptors (Lipinski definition) is 5. The summed E-state index contributed by atoms with van der Waals surface area (Å²) in [5.74, 6) is 0.289. The number of fused-ring (bicyclic) bond motifs is 1. The lowest BCUT2D eigenvalue weighted by atomic mass is 10.5. The zero-order valence-electron chi connectivity index (χ0n) is 10.4. The summed E-state index contributed by atoms with van der Waals surface area (Å²) in [6.45, 7) is 1.11. The molecule has 0 fully saturated rings. The summed E-state index contributed by atoms with van der Waals surface area (Å²) in [4.78, 5) is 15.7. The molecule has 102 valence electrons. The van der Waals surface area contributed by atoms with Crippen LogP contribution in [0.1, 0.15) is 0 Å². The number of pyridine rings is 1. The number of amides is 1. The molecule has 1 amide bonds. The van der Waals surface area contributed by atoms with Gasteiger partial charge in [0.1, 0.15) is 0 Å². The van der Waals surface area contributed by atoms with Crippen LogP contribution in [0.2, 0.25) is 0 Å². The van der Waals surface area contributed by atoms with Crippen LogP contribution in [0.25, 0.3) is 5.65 Å². The summed E-state index contributed by atoms with van der Waals surface area (Å²) in [7, 11) is 1.59. The molecule has 2 N–H and O–H groups in total. The fourth-order valence-electron chi connectivity index (χ4n) is 1.45. The van der Waals surface area contributed by atoms with Gasteiger partial charge >= 0.3 is 0 Å². The Balaban J connectivity index is 1.89. The van der Waals surface area contributed by atoms with E-state index in [4.69, 9.17) is 4.74 Å². The number of rotatable bonds is 6. The number of ether oxygens (including phenoxy) is 1. The highest BCUT2D eigenvalue weighted by atomic mass is 79.9. The van der Waals surface area contributed by atoms with Gasteiger partial charge in [0, 0.05) is 24.3 Å². The van der Waals surface area contributed by atoms with Crippen LogP contribution in [0, 0.1) is 0 Å². The molecular formula is C11H14BrN5O2. The molecular weight excluding hydrogens is 314 g/mol. The van der Waals surface area contributed by atoms with Crippen molar-refractivity contribution >= 4 is 33.4 Å². The van der Waals surface area contributed by atoms with Crippen molar-refractivity contribution in [2.45, 2.75) is 0 Å². The van der Waals surface area contributed by atoms with Crippen molar-refractivity contribution in [3.8, 4) is 0 Å². The van der Waals surface area contributed by atoms with E-state index < -0.39 is 0 Å². The average molecular weight is 328 g/mol. The highest BCUT2D eigenvalue weighted by Gasteiger charge is 2.05. The number of anilines is 1. The molecule has 0 aliphatic rings. The maximum Gasteiger partial charge on any atom is 0.243 e. The Labute approximate surface area is 118 Å². The first-order valence-electron chi connectivity index (χ1n) is 5.70. The molecule has 2 aromatic rings. The predicted octanol–water partition coefficient (Wildman–Crippen LogP) is 0.666. The van der Waals surface area contributed by atoms with Gasteiger partial charge in [-0.15, -0.1) is 5.10 Å². The second-order valence-electron chi connectivity index (χ2n) is 3.78. The Kier molecular flexibility index (Phi) is 4.69. The van der Waals surface area contributed by atoms with Crippen LogP contribution < -0.4 is 10.6 Å². The van der Waals surface area contributed by atoms with Gasteiger partial charge in [-0.3, -0.25) is 4.79 Å². The van der Waals surface area contributed by atoms with Gasteiger partial charge < -0.3 is 15.4 Å². The topological polar surface area (TPSA) is 80.5 Å².